The first kappa shape index (κ1) is 14.8. The van der Waals surface area contributed by atoms with Gasteiger partial charge in [0.1, 0.15) is 0 Å². The van der Waals surface area contributed by atoms with Crippen LogP contribution in [0.15, 0.2) is 0 Å². The van der Waals surface area contributed by atoms with Crippen LogP contribution >= 0.6 is 0 Å². The number of nitrogens with one attached hydrogen (secondary N) is 1. The van der Waals surface area contributed by atoms with Crippen molar-refractivity contribution in [2.75, 3.05) is 20.2 Å². The molecule has 0 spiro atoms. The summed E-state index contributed by atoms with van der Waals surface area (Å²) in [6.45, 7) is 4.63. The van der Waals surface area contributed by atoms with Crippen molar-refractivity contribution >= 4 is 12.0 Å². The molecule has 18 heavy (non-hydrogen) atoms. The van der Waals surface area contributed by atoms with E-state index in [-0.39, 0.29) is 18.6 Å². The standard InChI is InChI=1S/C12H22N2O4/c1-8(2)14(7-9-4-5-9)12(17)13-6-10(18-3)11(15)16/h8-10H,4-7H2,1-3H3,(H,13,17)(H,15,16). The number of carboxylic acids is 1. The van der Waals surface area contributed by atoms with Crippen molar-refractivity contribution in [1.82, 2.24) is 10.2 Å². The Morgan fingerprint density at radius 3 is 2.44 bits per heavy atom. The van der Waals surface area contributed by atoms with Gasteiger partial charge in [0, 0.05) is 19.7 Å². The fraction of sp³-hybridized carbons (Fsp3) is 0.833. The molecule has 1 rings (SSSR count). The van der Waals surface area contributed by atoms with Gasteiger partial charge in [-0.05, 0) is 32.6 Å². The molecule has 0 bridgehead atoms. The molecule has 2 amide bonds. The van der Waals surface area contributed by atoms with Crippen LogP contribution in [0, 0.1) is 5.92 Å². The Morgan fingerprint density at radius 2 is 2.06 bits per heavy atom. The summed E-state index contributed by atoms with van der Waals surface area (Å²) < 4.78 is 4.76. The van der Waals surface area contributed by atoms with E-state index in [2.05, 4.69) is 5.32 Å². The quantitative estimate of drug-likeness (QED) is 0.711. The molecule has 6 nitrogen and oxygen atoms in total. The van der Waals surface area contributed by atoms with Crippen molar-refractivity contribution in [3.8, 4) is 0 Å². The number of ether oxygens (including phenoxy) is 1. The average molecular weight is 258 g/mol. The van der Waals surface area contributed by atoms with Gasteiger partial charge in [-0.25, -0.2) is 9.59 Å². The molecule has 2 N–H and O–H groups in total. The summed E-state index contributed by atoms with van der Waals surface area (Å²) in [4.78, 5) is 24.4. The van der Waals surface area contributed by atoms with Gasteiger partial charge in [0.2, 0.25) is 0 Å². The van der Waals surface area contributed by atoms with Crippen LogP contribution in [0.25, 0.3) is 0 Å². The van der Waals surface area contributed by atoms with E-state index < -0.39 is 12.1 Å². The number of hydrogen-bond donors (Lipinski definition) is 2. The Morgan fingerprint density at radius 1 is 1.44 bits per heavy atom. The highest BCUT2D eigenvalue weighted by molar-refractivity contribution is 5.77. The maximum absolute atomic E-state index is 12.0. The minimum absolute atomic E-state index is 0.0153. The highest BCUT2D eigenvalue weighted by atomic mass is 16.5. The first-order valence-electron chi connectivity index (χ1n) is 6.25. The van der Waals surface area contributed by atoms with Crippen LogP contribution in [0.5, 0.6) is 0 Å². The molecular formula is C12H22N2O4. The van der Waals surface area contributed by atoms with Crippen LogP contribution in [-0.2, 0) is 9.53 Å². The van der Waals surface area contributed by atoms with Crippen molar-refractivity contribution in [2.24, 2.45) is 5.92 Å². The monoisotopic (exact) mass is 258 g/mol. The molecule has 0 aliphatic heterocycles. The van der Waals surface area contributed by atoms with Gasteiger partial charge in [0.15, 0.2) is 6.10 Å². The molecule has 1 fully saturated rings. The average Bonchev–Trinajstić information content (AvgIpc) is 3.09. The Kier molecular flexibility index (Phi) is 5.40. The highest BCUT2D eigenvalue weighted by Crippen LogP contribution is 2.30. The lowest BCUT2D eigenvalue weighted by molar-refractivity contribution is -0.148. The predicted molar refractivity (Wildman–Crippen MR) is 66.4 cm³/mol. The molecule has 0 aromatic carbocycles. The molecule has 0 radical (unpaired) electrons. The van der Waals surface area contributed by atoms with Gasteiger partial charge in [-0.2, -0.15) is 0 Å². The molecule has 1 saturated carbocycles. The fourth-order valence-electron chi connectivity index (χ4n) is 1.66. The summed E-state index contributed by atoms with van der Waals surface area (Å²) in [5, 5.41) is 11.4. The molecule has 1 aliphatic rings. The number of amides is 2. The number of carboxylic acid groups (broad SMARTS) is 1. The molecule has 6 heteroatoms. The van der Waals surface area contributed by atoms with Crippen LogP contribution in [0.2, 0.25) is 0 Å². The van der Waals surface area contributed by atoms with E-state index in [1.165, 1.54) is 20.0 Å². The molecule has 0 heterocycles. The van der Waals surface area contributed by atoms with Crippen LogP contribution in [0.3, 0.4) is 0 Å². The Balaban J connectivity index is 2.42. The number of rotatable bonds is 7. The first-order valence-corrected chi connectivity index (χ1v) is 6.25. The zero-order valence-corrected chi connectivity index (χ0v) is 11.2. The maximum Gasteiger partial charge on any atom is 0.334 e. The molecule has 1 atom stereocenters. The second kappa shape index (κ2) is 6.58. The zero-order chi connectivity index (χ0) is 13.7. The Hall–Kier alpha value is -1.30. The smallest absolute Gasteiger partial charge is 0.334 e. The van der Waals surface area contributed by atoms with E-state index >= 15 is 0 Å². The topological polar surface area (TPSA) is 78.9 Å². The van der Waals surface area contributed by atoms with E-state index in [0.29, 0.717) is 5.92 Å². The summed E-state index contributed by atoms with van der Waals surface area (Å²) in [6.07, 6.45) is 1.35. The Bertz CT molecular complexity index is 302. The largest absolute Gasteiger partial charge is 0.479 e. The summed E-state index contributed by atoms with van der Waals surface area (Å²) in [5.41, 5.74) is 0. The lowest BCUT2D eigenvalue weighted by Crippen LogP contribution is -2.48. The van der Waals surface area contributed by atoms with Gasteiger partial charge < -0.3 is 20.1 Å². The second-order valence-electron chi connectivity index (χ2n) is 4.94. The lowest BCUT2D eigenvalue weighted by atomic mass is 10.3. The minimum atomic E-state index is -1.07. The number of methoxy groups -OCH3 is 1. The van der Waals surface area contributed by atoms with Gasteiger partial charge in [0.05, 0.1) is 6.54 Å². The zero-order valence-electron chi connectivity index (χ0n) is 11.2. The van der Waals surface area contributed by atoms with Crippen LogP contribution in [-0.4, -0.2) is 54.4 Å². The SMILES string of the molecule is COC(CNC(=O)N(CC1CC1)C(C)C)C(=O)O. The molecule has 1 aliphatic carbocycles. The molecule has 1 unspecified atom stereocenters. The van der Waals surface area contributed by atoms with Gasteiger partial charge >= 0.3 is 12.0 Å². The van der Waals surface area contributed by atoms with Gasteiger partial charge in [-0.15, -0.1) is 0 Å². The van der Waals surface area contributed by atoms with E-state index in [1.807, 2.05) is 13.8 Å². The number of urea groups is 1. The molecule has 0 aromatic heterocycles. The molecule has 104 valence electrons. The number of carbonyl (C=O) groups is 2. The van der Waals surface area contributed by atoms with Crippen LogP contribution < -0.4 is 5.32 Å². The Labute approximate surface area is 107 Å². The van der Waals surface area contributed by atoms with E-state index in [1.54, 1.807) is 4.90 Å². The van der Waals surface area contributed by atoms with Crippen molar-refractivity contribution in [3.63, 3.8) is 0 Å². The third-order valence-electron chi connectivity index (χ3n) is 3.03. The summed E-state index contributed by atoms with van der Waals surface area (Å²) in [7, 11) is 1.31. The third-order valence-corrected chi connectivity index (χ3v) is 3.03. The second-order valence-corrected chi connectivity index (χ2v) is 4.94. The van der Waals surface area contributed by atoms with E-state index in [9.17, 15) is 9.59 Å². The number of hydrogen-bond acceptors (Lipinski definition) is 3. The normalized spacial score (nSPS) is 16.4. The molecular weight excluding hydrogens is 236 g/mol. The highest BCUT2D eigenvalue weighted by Gasteiger charge is 2.28. The number of nitrogens with zero attached hydrogens (tertiary/aromatic N) is 1. The fourth-order valence-corrected chi connectivity index (χ4v) is 1.66. The maximum atomic E-state index is 12.0. The minimum Gasteiger partial charge on any atom is -0.479 e. The summed E-state index contributed by atoms with van der Waals surface area (Å²) >= 11 is 0. The number of aliphatic carboxylic acids is 1. The molecule has 0 saturated heterocycles. The lowest BCUT2D eigenvalue weighted by Gasteiger charge is -2.27. The third kappa shape index (κ3) is 4.52. The van der Waals surface area contributed by atoms with Crippen molar-refractivity contribution < 1.29 is 19.4 Å². The van der Waals surface area contributed by atoms with Gasteiger partial charge in [-0.1, -0.05) is 0 Å². The van der Waals surface area contributed by atoms with Crippen molar-refractivity contribution in [1.29, 1.82) is 0 Å². The van der Waals surface area contributed by atoms with Crippen LogP contribution in [0.4, 0.5) is 4.79 Å². The van der Waals surface area contributed by atoms with E-state index in [4.69, 9.17) is 9.84 Å². The summed E-state index contributed by atoms with van der Waals surface area (Å²) in [6, 6.07) is -0.114. The molecule has 0 aromatic rings. The first-order chi connectivity index (χ1) is 8.45. The van der Waals surface area contributed by atoms with Crippen molar-refractivity contribution in [3.05, 3.63) is 0 Å². The predicted octanol–water partition coefficient (Wildman–Crippen LogP) is 0.916. The van der Waals surface area contributed by atoms with E-state index in [0.717, 1.165) is 6.54 Å². The summed E-state index contributed by atoms with van der Waals surface area (Å²) in [5.74, 6) is -0.466. The van der Waals surface area contributed by atoms with Crippen LogP contribution in [0.1, 0.15) is 26.7 Å². The number of carbonyl (C=O) groups excluding carboxylic acids is 1. The van der Waals surface area contributed by atoms with Crippen molar-refractivity contribution in [2.45, 2.75) is 38.8 Å². The van der Waals surface area contributed by atoms with Gasteiger partial charge in [-0.3, -0.25) is 0 Å². The van der Waals surface area contributed by atoms with Gasteiger partial charge in [0.25, 0.3) is 0 Å².